The van der Waals surface area contributed by atoms with Crippen LogP contribution in [0.3, 0.4) is 0 Å². The van der Waals surface area contributed by atoms with Gasteiger partial charge in [-0.05, 0) is 0 Å². The van der Waals surface area contributed by atoms with Crippen LogP contribution in [0.2, 0.25) is 0 Å². The zero-order valence-electron chi connectivity index (χ0n) is 4.01. The average Bonchev–Trinajstić information content (AvgIpc) is 0.722. The van der Waals surface area contributed by atoms with Crippen LogP contribution in [-0.4, -0.2) is 21.9 Å². The molecule has 0 bridgehead atoms. The van der Waals surface area contributed by atoms with Crippen molar-refractivity contribution in [3.63, 3.8) is 0 Å². The van der Waals surface area contributed by atoms with Gasteiger partial charge in [-0.3, -0.25) is 0 Å². The van der Waals surface area contributed by atoms with Gasteiger partial charge in [-0.25, -0.2) is 0 Å². The molecule has 64 valence electrons. The third-order valence-electron chi connectivity index (χ3n) is 0. The molecule has 0 fully saturated rings. The summed E-state index contributed by atoms with van der Waals surface area (Å²) in [5.41, 5.74) is 0. The Bertz CT molecular complexity index is 28.0. The fraction of sp³-hybridized carbons (Fsp3) is 0. The van der Waals surface area contributed by atoms with Gasteiger partial charge in [-0.15, -0.1) is 0 Å². The van der Waals surface area contributed by atoms with Gasteiger partial charge in [0.1, 0.15) is 0 Å². The Hall–Kier alpha value is 1.88. The van der Waals surface area contributed by atoms with Crippen LogP contribution in [0.15, 0.2) is 0 Å². The molecular formula is H8Cl4O4Zr. The maximum atomic E-state index is 5.04. The topological polar surface area (TPSA) is 126 Å². The van der Waals surface area contributed by atoms with Crippen molar-refractivity contribution in [2.24, 2.45) is 0 Å². The molecule has 0 aromatic carbocycles. The molecule has 9 heteroatoms. The Morgan fingerprint density at radius 3 is 0.556 bits per heavy atom. The van der Waals surface area contributed by atoms with Gasteiger partial charge in [0.2, 0.25) is 0 Å². The normalized spacial score (nSPS) is 6.67. The van der Waals surface area contributed by atoms with E-state index in [1.165, 1.54) is 0 Å². The van der Waals surface area contributed by atoms with Gasteiger partial charge in [-0.1, -0.05) is 0 Å². The Labute approximate surface area is 70.9 Å². The Balaban J connectivity index is -0.0000000133. The van der Waals surface area contributed by atoms with Crippen LogP contribution in [-0.2, 0) is 15.5 Å². The molecule has 0 saturated carbocycles. The predicted molar refractivity (Wildman–Crippen MR) is 37.9 cm³/mol. The van der Waals surface area contributed by atoms with Gasteiger partial charge in [0.25, 0.3) is 0 Å². The van der Waals surface area contributed by atoms with E-state index in [1.807, 2.05) is 0 Å². The van der Waals surface area contributed by atoms with Crippen LogP contribution in [0, 0.1) is 0 Å². The van der Waals surface area contributed by atoms with Gasteiger partial charge in [0.15, 0.2) is 0 Å². The summed E-state index contributed by atoms with van der Waals surface area (Å²) in [7, 11) is 20.1. The fourth-order valence-electron chi connectivity index (χ4n) is 0. The minimum atomic E-state index is -3.29. The first-order chi connectivity index (χ1) is 2.00. The predicted octanol–water partition coefficient (Wildman–Crippen LogP) is -0.543. The van der Waals surface area contributed by atoms with Crippen molar-refractivity contribution < 1.29 is 37.4 Å². The monoisotopic (exact) mass is 302 g/mol. The molecule has 0 heterocycles. The molecule has 0 aliphatic carbocycles. The van der Waals surface area contributed by atoms with Crippen molar-refractivity contribution in [2.45, 2.75) is 0 Å². The summed E-state index contributed by atoms with van der Waals surface area (Å²) in [5.74, 6) is 0. The number of rotatable bonds is 0. The van der Waals surface area contributed by atoms with Gasteiger partial charge in [-0.2, -0.15) is 0 Å². The molecule has 0 aromatic rings. The van der Waals surface area contributed by atoms with E-state index in [9.17, 15) is 0 Å². The van der Waals surface area contributed by atoms with Crippen molar-refractivity contribution in [1.82, 2.24) is 0 Å². The second kappa shape index (κ2) is 12.5. The third-order valence-corrected chi connectivity index (χ3v) is 0. The van der Waals surface area contributed by atoms with Gasteiger partial charge in [0, 0.05) is 0 Å². The summed E-state index contributed by atoms with van der Waals surface area (Å²) < 4.78 is 0. The Morgan fingerprint density at radius 2 is 0.556 bits per heavy atom. The first-order valence-corrected chi connectivity index (χ1v) is 13.4. The second-order valence-electron chi connectivity index (χ2n) is 0.429. The van der Waals surface area contributed by atoms with Crippen molar-refractivity contribution in [3.05, 3.63) is 0 Å². The molecule has 0 amide bonds. The van der Waals surface area contributed by atoms with Gasteiger partial charge >= 0.3 is 49.5 Å². The molecule has 0 saturated heterocycles. The molecule has 0 spiro atoms. The molecule has 0 unspecified atom stereocenters. The summed E-state index contributed by atoms with van der Waals surface area (Å²) in [6.45, 7) is 0. The SMILES string of the molecule is O.O.O.O.[Cl][Zr]([Cl])([Cl])[Cl]. The molecule has 0 atom stereocenters. The van der Waals surface area contributed by atoms with Crippen LogP contribution >= 0.6 is 34.1 Å². The summed E-state index contributed by atoms with van der Waals surface area (Å²) in [6, 6.07) is 0. The molecular weight excluding hydrogens is 297 g/mol. The van der Waals surface area contributed by atoms with E-state index < -0.39 is 15.5 Å². The molecule has 0 radical (unpaired) electrons. The molecule has 4 nitrogen and oxygen atoms in total. The van der Waals surface area contributed by atoms with E-state index in [1.54, 1.807) is 0 Å². The zero-order chi connectivity index (χ0) is 4.50. The molecule has 0 aliphatic heterocycles. The summed E-state index contributed by atoms with van der Waals surface area (Å²) in [6.07, 6.45) is 0. The van der Waals surface area contributed by atoms with E-state index in [0.29, 0.717) is 0 Å². The van der Waals surface area contributed by atoms with Crippen molar-refractivity contribution in [3.8, 4) is 0 Å². The first-order valence-electron chi connectivity index (χ1n) is 0.756. The fourth-order valence-corrected chi connectivity index (χ4v) is 0. The second-order valence-corrected chi connectivity index (χ2v) is 22.8. The number of hydrogen-bond acceptors (Lipinski definition) is 0. The molecule has 9 heavy (non-hydrogen) atoms. The van der Waals surface area contributed by atoms with E-state index >= 15 is 0 Å². The van der Waals surface area contributed by atoms with Crippen LogP contribution in [0.25, 0.3) is 0 Å². The van der Waals surface area contributed by atoms with Crippen molar-refractivity contribution in [1.29, 1.82) is 0 Å². The number of halogens is 4. The first kappa shape index (κ1) is 30.7. The quantitative estimate of drug-likeness (QED) is 0.569. The third kappa shape index (κ3) is 173. The van der Waals surface area contributed by atoms with E-state index in [2.05, 4.69) is 0 Å². The Kier molecular flexibility index (Phi) is 42.8. The summed E-state index contributed by atoms with van der Waals surface area (Å²) in [4.78, 5) is 0. The van der Waals surface area contributed by atoms with Crippen molar-refractivity contribution in [2.75, 3.05) is 0 Å². The van der Waals surface area contributed by atoms with Gasteiger partial charge < -0.3 is 21.9 Å². The van der Waals surface area contributed by atoms with E-state index in [0.717, 1.165) is 0 Å². The Morgan fingerprint density at radius 1 is 0.556 bits per heavy atom. The van der Waals surface area contributed by atoms with Crippen LogP contribution in [0.4, 0.5) is 0 Å². The molecule has 0 rings (SSSR count). The standard InChI is InChI=1S/4ClH.4H2O.Zr/h4*1H;4*1H2;/q;;;;;;;;+4/p-4. The average molecular weight is 305 g/mol. The summed E-state index contributed by atoms with van der Waals surface area (Å²) >= 11 is -3.29. The van der Waals surface area contributed by atoms with Crippen LogP contribution < -0.4 is 0 Å². The molecule has 0 aromatic heterocycles. The van der Waals surface area contributed by atoms with Crippen LogP contribution in [0.5, 0.6) is 0 Å². The zero-order valence-corrected chi connectivity index (χ0v) is 9.49. The van der Waals surface area contributed by atoms with Crippen molar-refractivity contribution >= 4 is 34.1 Å². The van der Waals surface area contributed by atoms with Gasteiger partial charge in [0.05, 0.1) is 0 Å². The van der Waals surface area contributed by atoms with E-state index in [-0.39, 0.29) is 21.9 Å². The summed E-state index contributed by atoms with van der Waals surface area (Å²) in [5, 5.41) is 0. The maximum absolute atomic E-state index is 5.04. The molecule has 0 aliphatic rings. The minimum absolute atomic E-state index is 0. The van der Waals surface area contributed by atoms with Crippen LogP contribution in [0.1, 0.15) is 0 Å². The number of hydrogen-bond donors (Lipinski definition) is 0. The van der Waals surface area contributed by atoms with E-state index in [4.69, 9.17) is 34.1 Å². The molecule has 8 N–H and O–H groups in total.